The van der Waals surface area contributed by atoms with E-state index in [0.29, 0.717) is 0 Å². The first kappa shape index (κ1) is 13.5. The molecule has 1 aliphatic heterocycles. The minimum atomic E-state index is 0. The van der Waals surface area contributed by atoms with Gasteiger partial charge in [-0.05, 0) is 12.8 Å². The molecule has 0 radical (unpaired) electrons. The molecule has 0 bridgehead atoms. The number of hydrazine groups is 1. The molecule has 2 fully saturated rings. The van der Waals surface area contributed by atoms with Crippen molar-refractivity contribution in [3.63, 3.8) is 0 Å². The molecule has 1 saturated carbocycles. The molecule has 0 spiro atoms. The second kappa shape index (κ2) is 6.04. The van der Waals surface area contributed by atoms with Crippen LogP contribution in [0.4, 0.5) is 0 Å². The molecule has 0 aromatic heterocycles. The molecule has 2 aliphatic rings. The van der Waals surface area contributed by atoms with Gasteiger partial charge in [0.05, 0.1) is 0 Å². The zero-order valence-corrected chi connectivity index (χ0v) is 9.45. The van der Waals surface area contributed by atoms with Crippen LogP contribution in [0.5, 0.6) is 0 Å². The van der Waals surface area contributed by atoms with Crippen LogP contribution in [0.1, 0.15) is 19.3 Å². The fourth-order valence-corrected chi connectivity index (χ4v) is 1.85. The van der Waals surface area contributed by atoms with Gasteiger partial charge in [0.1, 0.15) is 0 Å². The van der Waals surface area contributed by atoms with Gasteiger partial charge in [0.15, 0.2) is 0 Å². The Balaban J connectivity index is 0.000000720. The molecule has 2 N–H and O–H groups in total. The van der Waals surface area contributed by atoms with Crippen molar-refractivity contribution >= 4 is 24.8 Å². The molecule has 0 aromatic carbocycles. The van der Waals surface area contributed by atoms with E-state index in [1.165, 1.54) is 32.4 Å². The van der Waals surface area contributed by atoms with Crippen molar-refractivity contribution in [2.45, 2.75) is 25.3 Å². The van der Waals surface area contributed by atoms with Gasteiger partial charge in [0.25, 0.3) is 0 Å². The first-order valence-corrected chi connectivity index (χ1v) is 4.60. The highest BCUT2D eigenvalue weighted by Gasteiger charge is 2.26. The molecule has 80 valence electrons. The van der Waals surface area contributed by atoms with Gasteiger partial charge in [-0.25, -0.2) is 5.01 Å². The van der Waals surface area contributed by atoms with Gasteiger partial charge in [0.2, 0.25) is 0 Å². The van der Waals surface area contributed by atoms with Crippen molar-refractivity contribution < 1.29 is 0 Å². The number of hydrogen-bond donors (Lipinski definition) is 1. The molecule has 0 atom stereocenters. The van der Waals surface area contributed by atoms with Crippen LogP contribution in [0.15, 0.2) is 0 Å². The van der Waals surface area contributed by atoms with Crippen molar-refractivity contribution in [2.75, 3.05) is 26.2 Å². The summed E-state index contributed by atoms with van der Waals surface area (Å²) in [6.45, 7) is 4.47. The van der Waals surface area contributed by atoms with Crippen LogP contribution < -0.4 is 5.84 Å². The maximum Gasteiger partial charge on any atom is 0.0257 e. The largest absolute Gasteiger partial charge is 0.298 e. The number of nitrogens with two attached hydrogens (primary N) is 1. The maximum absolute atomic E-state index is 5.66. The first-order valence-electron chi connectivity index (χ1n) is 4.60. The highest BCUT2D eigenvalue weighted by atomic mass is 35.5. The Morgan fingerprint density at radius 1 is 0.923 bits per heavy atom. The standard InChI is InChI=1S/C8H17N3.2ClH/c9-11-6-4-10(5-7-11)8-2-1-3-8;;/h8H,1-7,9H2;2*1H. The highest BCUT2D eigenvalue weighted by molar-refractivity contribution is 5.85. The highest BCUT2D eigenvalue weighted by Crippen LogP contribution is 2.24. The Kier molecular flexibility index (Phi) is 6.25. The van der Waals surface area contributed by atoms with E-state index in [-0.39, 0.29) is 24.8 Å². The monoisotopic (exact) mass is 227 g/mol. The molecule has 0 unspecified atom stereocenters. The molecule has 1 aliphatic carbocycles. The Morgan fingerprint density at radius 2 is 1.46 bits per heavy atom. The van der Waals surface area contributed by atoms with Gasteiger partial charge in [-0.15, -0.1) is 24.8 Å². The Hall–Kier alpha value is 0.460. The zero-order chi connectivity index (χ0) is 7.68. The summed E-state index contributed by atoms with van der Waals surface area (Å²) < 4.78 is 0. The minimum absolute atomic E-state index is 0. The first-order chi connectivity index (χ1) is 5.36. The average Bonchev–Trinajstić information content (AvgIpc) is 1.90. The summed E-state index contributed by atoms with van der Waals surface area (Å²) in [5.41, 5.74) is 0. The van der Waals surface area contributed by atoms with Gasteiger partial charge in [-0.3, -0.25) is 10.7 Å². The molecule has 0 amide bonds. The van der Waals surface area contributed by atoms with Crippen molar-refractivity contribution in [2.24, 2.45) is 5.84 Å². The molecule has 3 nitrogen and oxygen atoms in total. The lowest BCUT2D eigenvalue weighted by atomic mass is 9.91. The predicted molar refractivity (Wildman–Crippen MR) is 59.5 cm³/mol. The lowest BCUT2D eigenvalue weighted by Gasteiger charge is -2.41. The number of nitrogens with zero attached hydrogens (tertiary/aromatic N) is 2. The van der Waals surface area contributed by atoms with Crippen LogP contribution in [0.25, 0.3) is 0 Å². The van der Waals surface area contributed by atoms with E-state index in [0.717, 1.165) is 19.1 Å². The van der Waals surface area contributed by atoms with Crippen molar-refractivity contribution in [1.29, 1.82) is 0 Å². The van der Waals surface area contributed by atoms with Crippen LogP contribution in [0.3, 0.4) is 0 Å². The van der Waals surface area contributed by atoms with E-state index in [1.807, 2.05) is 5.01 Å². The van der Waals surface area contributed by atoms with E-state index in [1.54, 1.807) is 0 Å². The maximum atomic E-state index is 5.66. The molecule has 0 aromatic rings. The van der Waals surface area contributed by atoms with Crippen molar-refractivity contribution in [3.8, 4) is 0 Å². The zero-order valence-electron chi connectivity index (χ0n) is 7.82. The fraction of sp³-hybridized carbons (Fsp3) is 1.00. The fourth-order valence-electron chi connectivity index (χ4n) is 1.85. The van der Waals surface area contributed by atoms with E-state index in [9.17, 15) is 0 Å². The smallest absolute Gasteiger partial charge is 0.0257 e. The molecule has 1 heterocycles. The summed E-state index contributed by atoms with van der Waals surface area (Å²) >= 11 is 0. The van der Waals surface area contributed by atoms with Crippen LogP contribution in [-0.2, 0) is 0 Å². The molecule has 13 heavy (non-hydrogen) atoms. The molecular weight excluding hydrogens is 209 g/mol. The van der Waals surface area contributed by atoms with Crippen molar-refractivity contribution in [1.82, 2.24) is 9.91 Å². The average molecular weight is 228 g/mol. The summed E-state index contributed by atoms with van der Waals surface area (Å²) in [7, 11) is 0. The van der Waals surface area contributed by atoms with Crippen LogP contribution >= 0.6 is 24.8 Å². The molecular formula is C8H19Cl2N3. The number of hydrogen-bond acceptors (Lipinski definition) is 3. The SMILES string of the molecule is Cl.Cl.NN1CCN(C2CCC2)CC1. The van der Waals surface area contributed by atoms with Gasteiger partial charge in [-0.1, -0.05) is 6.42 Å². The number of piperazine rings is 1. The lowest BCUT2D eigenvalue weighted by Crippen LogP contribution is -2.54. The second-order valence-corrected chi connectivity index (χ2v) is 3.66. The quantitative estimate of drug-likeness (QED) is 0.676. The summed E-state index contributed by atoms with van der Waals surface area (Å²) in [5, 5.41) is 1.93. The topological polar surface area (TPSA) is 32.5 Å². The normalized spacial score (nSPS) is 25.6. The Morgan fingerprint density at radius 3 is 1.85 bits per heavy atom. The predicted octanol–water partition coefficient (Wildman–Crippen LogP) is 0.874. The third-order valence-electron chi connectivity index (χ3n) is 2.94. The van der Waals surface area contributed by atoms with E-state index in [4.69, 9.17) is 5.84 Å². The van der Waals surface area contributed by atoms with Gasteiger partial charge < -0.3 is 0 Å². The van der Waals surface area contributed by atoms with Gasteiger partial charge >= 0.3 is 0 Å². The summed E-state index contributed by atoms with van der Waals surface area (Å²) in [6.07, 6.45) is 4.28. The van der Waals surface area contributed by atoms with Crippen molar-refractivity contribution in [3.05, 3.63) is 0 Å². The van der Waals surface area contributed by atoms with Crippen LogP contribution in [-0.4, -0.2) is 42.1 Å². The molecule has 1 saturated heterocycles. The molecule has 2 rings (SSSR count). The Labute approximate surface area is 92.4 Å². The van der Waals surface area contributed by atoms with Gasteiger partial charge in [-0.2, -0.15) is 0 Å². The Bertz CT molecular complexity index is 133. The van der Waals surface area contributed by atoms with Crippen LogP contribution in [0, 0.1) is 0 Å². The third kappa shape index (κ3) is 3.26. The second-order valence-electron chi connectivity index (χ2n) is 3.66. The lowest BCUT2D eigenvalue weighted by molar-refractivity contribution is 0.0619. The summed E-state index contributed by atoms with van der Waals surface area (Å²) in [5.74, 6) is 5.66. The number of rotatable bonds is 1. The van der Waals surface area contributed by atoms with E-state index in [2.05, 4.69) is 4.90 Å². The minimum Gasteiger partial charge on any atom is -0.298 e. The van der Waals surface area contributed by atoms with E-state index >= 15 is 0 Å². The van der Waals surface area contributed by atoms with Crippen LogP contribution in [0.2, 0.25) is 0 Å². The van der Waals surface area contributed by atoms with Gasteiger partial charge in [0, 0.05) is 32.2 Å². The summed E-state index contributed by atoms with van der Waals surface area (Å²) in [4.78, 5) is 2.59. The van der Waals surface area contributed by atoms with E-state index < -0.39 is 0 Å². The number of halogens is 2. The third-order valence-corrected chi connectivity index (χ3v) is 2.94. The molecule has 5 heteroatoms. The summed E-state index contributed by atoms with van der Waals surface area (Å²) in [6, 6.07) is 0.906.